The first kappa shape index (κ1) is 15.4. The van der Waals surface area contributed by atoms with Crippen molar-refractivity contribution in [2.45, 2.75) is 45.2 Å². The van der Waals surface area contributed by atoms with Crippen molar-refractivity contribution < 1.29 is 4.79 Å². The first-order chi connectivity index (χ1) is 11.6. The van der Waals surface area contributed by atoms with Crippen molar-refractivity contribution >= 4 is 16.7 Å². The Balaban J connectivity index is 1.44. The van der Waals surface area contributed by atoms with Crippen molar-refractivity contribution in [2.24, 2.45) is 17.8 Å². The molecule has 2 fully saturated rings. The Morgan fingerprint density at radius 2 is 2.17 bits per heavy atom. The molecule has 1 aromatic carbocycles. The Morgan fingerprint density at radius 3 is 2.92 bits per heavy atom. The Bertz CT molecular complexity index is 829. The lowest BCUT2D eigenvalue weighted by atomic mass is 9.84. The van der Waals surface area contributed by atoms with Gasteiger partial charge in [0.2, 0.25) is 5.91 Å². The molecule has 0 saturated heterocycles. The Kier molecular flexibility index (Phi) is 3.87. The van der Waals surface area contributed by atoms with Crippen molar-refractivity contribution in [3.63, 3.8) is 0 Å². The summed E-state index contributed by atoms with van der Waals surface area (Å²) in [4.78, 5) is 24.8. The molecule has 1 heterocycles. The van der Waals surface area contributed by atoms with E-state index in [0.29, 0.717) is 11.3 Å². The third-order valence-electron chi connectivity index (χ3n) is 5.88. The summed E-state index contributed by atoms with van der Waals surface area (Å²) in [7, 11) is 0. The molecule has 0 aliphatic heterocycles. The Labute approximate surface area is 141 Å². The first-order valence-electron chi connectivity index (χ1n) is 8.86. The van der Waals surface area contributed by atoms with E-state index in [1.165, 1.54) is 30.4 Å². The van der Waals surface area contributed by atoms with Gasteiger partial charge in [-0.2, -0.15) is 5.10 Å². The van der Waals surface area contributed by atoms with Gasteiger partial charge in [-0.25, -0.2) is 4.68 Å². The van der Waals surface area contributed by atoms with Crippen molar-refractivity contribution in [1.82, 2.24) is 15.1 Å². The number of amides is 1. The number of carbonyl (C=O) groups excluding carboxylic acids is 1. The van der Waals surface area contributed by atoms with Crippen LogP contribution in [0.25, 0.3) is 10.8 Å². The fourth-order valence-corrected chi connectivity index (χ4v) is 4.69. The molecule has 2 saturated carbocycles. The van der Waals surface area contributed by atoms with Crippen LogP contribution < -0.4 is 10.9 Å². The second kappa shape index (κ2) is 6.04. The van der Waals surface area contributed by atoms with E-state index in [2.05, 4.69) is 17.3 Å². The van der Waals surface area contributed by atoms with Gasteiger partial charge in [0, 0.05) is 11.4 Å². The summed E-state index contributed by atoms with van der Waals surface area (Å²) >= 11 is 0. The Morgan fingerprint density at radius 1 is 1.33 bits per heavy atom. The average molecular weight is 325 g/mol. The highest BCUT2D eigenvalue weighted by Crippen LogP contribution is 2.49. The van der Waals surface area contributed by atoms with Gasteiger partial charge in [0.15, 0.2) is 0 Å². The molecule has 2 aliphatic carbocycles. The highest BCUT2D eigenvalue weighted by atomic mass is 16.2. The fraction of sp³-hybridized carbons (Fsp3) is 0.526. The normalized spacial score (nSPS) is 26.6. The predicted molar refractivity (Wildman–Crippen MR) is 92.5 cm³/mol. The third kappa shape index (κ3) is 2.72. The van der Waals surface area contributed by atoms with Crippen molar-refractivity contribution in [1.29, 1.82) is 0 Å². The van der Waals surface area contributed by atoms with Crippen molar-refractivity contribution in [2.75, 3.05) is 0 Å². The number of fused-ring (bicyclic) bond motifs is 3. The van der Waals surface area contributed by atoms with Gasteiger partial charge in [-0.05, 0) is 50.0 Å². The maximum absolute atomic E-state index is 12.4. The SMILES string of the molecule is CC(NC(=O)Cn1ncc2ccccc2c1=O)C1CC2CCC1C2. The maximum atomic E-state index is 12.4. The van der Waals surface area contributed by atoms with Crippen molar-refractivity contribution in [3.8, 4) is 0 Å². The van der Waals surface area contributed by atoms with Gasteiger partial charge in [0.1, 0.15) is 6.54 Å². The van der Waals surface area contributed by atoms with Crippen LogP contribution in [0.1, 0.15) is 32.6 Å². The molecule has 2 aliphatic rings. The van der Waals surface area contributed by atoms with Crippen LogP contribution in [0.4, 0.5) is 0 Å². The molecule has 0 radical (unpaired) electrons. The van der Waals surface area contributed by atoms with Gasteiger partial charge in [-0.1, -0.05) is 24.6 Å². The molecule has 1 amide bonds. The molecule has 126 valence electrons. The molecule has 4 unspecified atom stereocenters. The summed E-state index contributed by atoms with van der Waals surface area (Å²) < 4.78 is 1.26. The molecule has 1 aromatic heterocycles. The zero-order valence-corrected chi connectivity index (χ0v) is 13.9. The van der Waals surface area contributed by atoms with Gasteiger partial charge in [-0.3, -0.25) is 9.59 Å². The lowest BCUT2D eigenvalue weighted by Crippen LogP contribution is -2.43. The summed E-state index contributed by atoms with van der Waals surface area (Å²) in [6.45, 7) is 2.08. The molecule has 5 nitrogen and oxygen atoms in total. The monoisotopic (exact) mass is 325 g/mol. The second-order valence-electron chi connectivity index (χ2n) is 7.39. The molecular formula is C19H23N3O2. The van der Waals surface area contributed by atoms with E-state index in [9.17, 15) is 9.59 Å². The number of nitrogens with one attached hydrogen (secondary N) is 1. The van der Waals surface area contributed by atoms with E-state index in [4.69, 9.17) is 0 Å². The summed E-state index contributed by atoms with van der Waals surface area (Å²) in [6.07, 6.45) is 6.87. The maximum Gasteiger partial charge on any atom is 0.275 e. The van der Waals surface area contributed by atoms with Crippen LogP contribution in [0.15, 0.2) is 35.3 Å². The molecule has 24 heavy (non-hydrogen) atoms. The number of benzene rings is 1. The van der Waals surface area contributed by atoms with Crippen LogP contribution in [0.2, 0.25) is 0 Å². The smallest absolute Gasteiger partial charge is 0.275 e. The summed E-state index contributed by atoms with van der Waals surface area (Å²) in [6, 6.07) is 7.49. The van der Waals surface area contributed by atoms with Crippen LogP contribution in [0.5, 0.6) is 0 Å². The lowest BCUT2D eigenvalue weighted by molar-refractivity contribution is -0.123. The number of hydrogen-bond acceptors (Lipinski definition) is 3. The minimum atomic E-state index is -0.212. The largest absolute Gasteiger partial charge is 0.352 e. The summed E-state index contributed by atoms with van der Waals surface area (Å²) in [5, 5.41) is 8.62. The van der Waals surface area contributed by atoms with E-state index in [1.807, 2.05) is 18.2 Å². The van der Waals surface area contributed by atoms with Gasteiger partial charge < -0.3 is 5.32 Å². The van der Waals surface area contributed by atoms with Crippen LogP contribution in [0, 0.1) is 17.8 Å². The van der Waals surface area contributed by atoms with Crippen LogP contribution in [-0.4, -0.2) is 21.7 Å². The second-order valence-corrected chi connectivity index (χ2v) is 7.39. The quantitative estimate of drug-likeness (QED) is 0.938. The molecule has 5 heteroatoms. The molecule has 2 bridgehead atoms. The van der Waals surface area contributed by atoms with E-state index >= 15 is 0 Å². The van der Waals surface area contributed by atoms with Gasteiger partial charge >= 0.3 is 0 Å². The molecule has 4 atom stereocenters. The van der Waals surface area contributed by atoms with E-state index < -0.39 is 0 Å². The lowest BCUT2D eigenvalue weighted by Gasteiger charge is -2.28. The van der Waals surface area contributed by atoms with E-state index in [1.54, 1.807) is 12.3 Å². The summed E-state index contributed by atoms with van der Waals surface area (Å²) in [5.41, 5.74) is -0.212. The zero-order chi connectivity index (χ0) is 16.7. The third-order valence-corrected chi connectivity index (χ3v) is 5.88. The topological polar surface area (TPSA) is 64.0 Å². The molecule has 0 spiro atoms. The molecule has 4 rings (SSSR count). The number of aromatic nitrogens is 2. The molecule has 1 N–H and O–H groups in total. The molecular weight excluding hydrogens is 302 g/mol. The zero-order valence-electron chi connectivity index (χ0n) is 13.9. The molecule has 2 aromatic rings. The van der Waals surface area contributed by atoms with Crippen LogP contribution in [0.3, 0.4) is 0 Å². The average Bonchev–Trinajstić information content (AvgIpc) is 3.21. The number of nitrogens with zero attached hydrogens (tertiary/aromatic N) is 2. The van der Waals surface area contributed by atoms with E-state index in [-0.39, 0.29) is 24.1 Å². The van der Waals surface area contributed by atoms with Gasteiger partial charge in [0.05, 0.1) is 11.6 Å². The number of hydrogen-bond donors (Lipinski definition) is 1. The summed E-state index contributed by atoms with van der Waals surface area (Å²) in [5.74, 6) is 2.10. The fourth-order valence-electron chi connectivity index (χ4n) is 4.69. The minimum Gasteiger partial charge on any atom is -0.352 e. The van der Waals surface area contributed by atoms with Gasteiger partial charge in [-0.15, -0.1) is 0 Å². The predicted octanol–water partition coefficient (Wildman–Crippen LogP) is 2.34. The highest BCUT2D eigenvalue weighted by Gasteiger charge is 2.42. The first-order valence-corrected chi connectivity index (χ1v) is 8.86. The number of rotatable bonds is 4. The van der Waals surface area contributed by atoms with Crippen molar-refractivity contribution in [3.05, 3.63) is 40.8 Å². The highest BCUT2D eigenvalue weighted by molar-refractivity contribution is 5.81. The standard InChI is InChI=1S/C19H23N3O2/c1-12(17-9-13-6-7-14(17)8-13)21-18(23)11-22-19(24)16-5-3-2-4-15(16)10-20-22/h2-5,10,12-14,17H,6-9,11H2,1H3,(H,21,23). The van der Waals surface area contributed by atoms with E-state index in [0.717, 1.165) is 17.2 Å². The number of carbonyl (C=O) groups is 1. The Hall–Kier alpha value is -2.17. The minimum absolute atomic E-state index is 0.0190. The van der Waals surface area contributed by atoms with Gasteiger partial charge in [0.25, 0.3) is 5.56 Å². The van der Waals surface area contributed by atoms with Crippen LogP contribution in [-0.2, 0) is 11.3 Å². The van der Waals surface area contributed by atoms with Crippen LogP contribution >= 0.6 is 0 Å².